The zero-order chi connectivity index (χ0) is 18.2. The fraction of sp³-hybridized carbons (Fsp3) is 0.286. The van der Waals surface area contributed by atoms with Gasteiger partial charge in [0.25, 0.3) is 0 Å². The number of carbonyl (C=O) groups excluding carboxylic acids is 1. The summed E-state index contributed by atoms with van der Waals surface area (Å²) in [4.78, 5) is 14.4. The number of rotatable bonds is 6. The van der Waals surface area contributed by atoms with Crippen molar-refractivity contribution in [1.82, 2.24) is 10.2 Å². The summed E-state index contributed by atoms with van der Waals surface area (Å²) in [7, 11) is 0. The topological polar surface area (TPSA) is 41.6 Å². The first kappa shape index (κ1) is 18.3. The van der Waals surface area contributed by atoms with Gasteiger partial charge in [0.1, 0.15) is 5.82 Å². The van der Waals surface area contributed by atoms with Crippen LogP contribution in [0.3, 0.4) is 0 Å². The summed E-state index contributed by atoms with van der Waals surface area (Å²) >= 11 is 0. The summed E-state index contributed by atoms with van der Waals surface area (Å²) in [5.41, 5.74) is 1.96. The summed E-state index contributed by atoms with van der Waals surface area (Å²) in [5, 5.41) is 2.96. The van der Waals surface area contributed by atoms with Gasteiger partial charge in [-0.1, -0.05) is 42.5 Å². The molecule has 1 aliphatic rings. The average molecular weight is 354 g/mol. The highest BCUT2D eigenvalue weighted by Crippen LogP contribution is 2.21. The molecule has 4 nitrogen and oxygen atoms in total. The molecule has 1 saturated heterocycles. The van der Waals surface area contributed by atoms with Crippen LogP contribution >= 0.6 is 0 Å². The first-order valence-corrected chi connectivity index (χ1v) is 8.80. The van der Waals surface area contributed by atoms with E-state index in [0.29, 0.717) is 19.8 Å². The maximum atomic E-state index is 13.3. The number of nitrogens with zero attached hydrogens (tertiary/aromatic N) is 1. The van der Waals surface area contributed by atoms with Crippen molar-refractivity contribution in [3.63, 3.8) is 0 Å². The van der Waals surface area contributed by atoms with E-state index in [2.05, 4.69) is 10.2 Å². The Morgan fingerprint density at radius 3 is 2.50 bits per heavy atom. The molecular weight excluding hydrogens is 331 g/mol. The summed E-state index contributed by atoms with van der Waals surface area (Å²) in [5.74, 6) is -0.404. The largest absolute Gasteiger partial charge is 0.379 e. The predicted octanol–water partition coefficient (Wildman–Crippen LogP) is 3.03. The zero-order valence-electron chi connectivity index (χ0n) is 14.6. The van der Waals surface area contributed by atoms with Crippen molar-refractivity contribution >= 4 is 12.0 Å². The first-order chi connectivity index (χ1) is 12.7. The highest BCUT2D eigenvalue weighted by Gasteiger charge is 2.23. The van der Waals surface area contributed by atoms with Crippen LogP contribution in [0.15, 0.2) is 60.7 Å². The minimum atomic E-state index is -0.260. The van der Waals surface area contributed by atoms with Crippen molar-refractivity contribution in [2.75, 3.05) is 32.8 Å². The Morgan fingerprint density at radius 1 is 1.12 bits per heavy atom. The molecule has 0 spiro atoms. The molecular formula is C21H23FN2O2. The Balaban J connectivity index is 1.64. The Morgan fingerprint density at radius 2 is 1.81 bits per heavy atom. The van der Waals surface area contributed by atoms with Crippen molar-refractivity contribution in [2.24, 2.45) is 0 Å². The van der Waals surface area contributed by atoms with E-state index in [1.165, 1.54) is 18.2 Å². The molecule has 1 aliphatic heterocycles. The molecule has 1 amide bonds. The third-order valence-corrected chi connectivity index (χ3v) is 4.44. The van der Waals surface area contributed by atoms with Crippen LogP contribution in [0.25, 0.3) is 6.08 Å². The van der Waals surface area contributed by atoms with Gasteiger partial charge >= 0.3 is 0 Å². The lowest BCUT2D eigenvalue weighted by atomic mass is 10.0. The number of amides is 1. The molecule has 3 rings (SSSR count). The van der Waals surface area contributed by atoms with Gasteiger partial charge in [0, 0.05) is 25.7 Å². The Hall–Kier alpha value is -2.50. The van der Waals surface area contributed by atoms with Crippen molar-refractivity contribution in [1.29, 1.82) is 0 Å². The molecule has 5 heteroatoms. The molecule has 0 aliphatic carbocycles. The fourth-order valence-electron chi connectivity index (χ4n) is 3.02. The van der Waals surface area contributed by atoms with Crippen molar-refractivity contribution in [2.45, 2.75) is 6.04 Å². The third kappa shape index (κ3) is 5.25. The summed E-state index contributed by atoms with van der Waals surface area (Å²) in [6.07, 6.45) is 3.33. The quantitative estimate of drug-likeness (QED) is 0.811. The standard InChI is InChI=1S/C21H23FN2O2/c22-19-9-7-18(8-10-19)20(24-12-14-26-15-13-24)16-23-21(25)11-6-17-4-2-1-3-5-17/h1-11,20H,12-16H2,(H,23,25)/b11-6+. The molecule has 2 aromatic rings. The van der Waals surface area contributed by atoms with Gasteiger partial charge in [-0.15, -0.1) is 0 Å². The minimum absolute atomic E-state index is 0.00595. The molecule has 0 saturated carbocycles. The number of morpholine rings is 1. The van der Waals surface area contributed by atoms with E-state index in [-0.39, 0.29) is 17.8 Å². The van der Waals surface area contributed by atoms with Crippen LogP contribution in [0, 0.1) is 5.82 Å². The normalized spacial score (nSPS) is 16.5. The van der Waals surface area contributed by atoms with Crippen LogP contribution in [-0.2, 0) is 9.53 Å². The van der Waals surface area contributed by atoms with Crippen LogP contribution in [0.4, 0.5) is 4.39 Å². The van der Waals surface area contributed by atoms with E-state index in [9.17, 15) is 9.18 Å². The van der Waals surface area contributed by atoms with Crippen LogP contribution < -0.4 is 5.32 Å². The van der Waals surface area contributed by atoms with Crippen molar-refractivity contribution < 1.29 is 13.9 Å². The van der Waals surface area contributed by atoms with E-state index < -0.39 is 0 Å². The minimum Gasteiger partial charge on any atom is -0.379 e. The number of hydrogen-bond acceptors (Lipinski definition) is 3. The summed E-state index contributed by atoms with van der Waals surface area (Å²) in [6.45, 7) is 3.37. The molecule has 26 heavy (non-hydrogen) atoms. The number of carbonyl (C=O) groups is 1. The van der Waals surface area contributed by atoms with Gasteiger partial charge in [-0.05, 0) is 29.3 Å². The molecule has 1 N–H and O–H groups in total. The lowest BCUT2D eigenvalue weighted by Crippen LogP contribution is -2.43. The van der Waals surface area contributed by atoms with Gasteiger partial charge in [0.2, 0.25) is 5.91 Å². The number of hydrogen-bond donors (Lipinski definition) is 1. The lowest BCUT2D eigenvalue weighted by molar-refractivity contribution is -0.116. The highest BCUT2D eigenvalue weighted by molar-refractivity contribution is 5.91. The predicted molar refractivity (Wildman–Crippen MR) is 100 cm³/mol. The van der Waals surface area contributed by atoms with E-state index in [1.54, 1.807) is 18.2 Å². The first-order valence-electron chi connectivity index (χ1n) is 8.80. The number of ether oxygens (including phenoxy) is 1. The fourth-order valence-corrected chi connectivity index (χ4v) is 3.02. The van der Waals surface area contributed by atoms with Crippen LogP contribution in [0.5, 0.6) is 0 Å². The number of benzene rings is 2. The van der Waals surface area contributed by atoms with E-state index in [0.717, 1.165) is 24.2 Å². The highest BCUT2D eigenvalue weighted by atomic mass is 19.1. The summed E-state index contributed by atoms with van der Waals surface area (Å²) in [6, 6.07) is 16.2. The third-order valence-electron chi connectivity index (χ3n) is 4.44. The van der Waals surface area contributed by atoms with Crippen molar-refractivity contribution in [3.05, 3.63) is 77.6 Å². The van der Waals surface area contributed by atoms with Gasteiger partial charge in [0.05, 0.1) is 19.3 Å². The molecule has 2 aromatic carbocycles. The molecule has 136 valence electrons. The Kier molecular flexibility index (Phi) is 6.52. The Labute approximate surface area is 153 Å². The van der Waals surface area contributed by atoms with Crippen LogP contribution in [0.1, 0.15) is 17.2 Å². The van der Waals surface area contributed by atoms with Crippen LogP contribution in [0.2, 0.25) is 0 Å². The van der Waals surface area contributed by atoms with Crippen LogP contribution in [-0.4, -0.2) is 43.7 Å². The molecule has 1 fully saturated rings. The van der Waals surface area contributed by atoms with E-state index in [4.69, 9.17) is 4.74 Å². The summed E-state index contributed by atoms with van der Waals surface area (Å²) < 4.78 is 18.7. The smallest absolute Gasteiger partial charge is 0.244 e. The molecule has 1 atom stereocenters. The molecule has 0 aromatic heterocycles. The average Bonchev–Trinajstić information content (AvgIpc) is 2.69. The van der Waals surface area contributed by atoms with E-state index in [1.807, 2.05) is 30.3 Å². The monoisotopic (exact) mass is 354 g/mol. The molecule has 1 heterocycles. The molecule has 1 unspecified atom stereocenters. The maximum absolute atomic E-state index is 13.3. The second-order valence-electron chi connectivity index (χ2n) is 6.20. The number of nitrogens with one attached hydrogen (secondary N) is 1. The SMILES string of the molecule is O=C(/C=C/c1ccccc1)NCC(c1ccc(F)cc1)N1CCOCC1. The van der Waals surface area contributed by atoms with Gasteiger partial charge < -0.3 is 10.1 Å². The molecule has 0 bridgehead atoms. The van der Waals surface area contributed by atoms with Gasteiger partial charge in [0.15, 0.2) is 0 Å². The van der Waals surface area contributed by atoms with Gasteiger partial charge in [-0.3, -0.25) is 9.69 Å². The van der Waals surface area contributed by atoms with Crippen molar-refractivity contribution in [3.8, 4) is 0 Å². The maximum Gasteiger partial charge on any atom is 0.244 e. The Bertz CT molecular complexity index is 725. The molecule has 0 radical (unpaired) electrons. The lowest BCUT2D eigenvalue weighted by Gasteiger charge is -2.34. The second kappa shape index (κ2) is 9.27. The number of halogens is 1. The van der Waals surface area contributed by atoms with E-state index >= 15 is 0 Å². The second-order valence-corrected chi connectivity index (χ2v) is 6.20. The zero-order valence-corrected chi connectivity index (χ0v) is 14.6. The van der Waals surface area contributed by atoms with Gasteiger partial charge in [-0.25, -0.2) is 4.39 Å². The van der Waals surface area contributed by atoms with Gasteiger partial charge in [-0.2, -0.15) is 0 Å².